The highest BCUT2D eigenvalue weighted by Crippen LogP contribution is 2.07. The summed E-state index contributed by atoms with van der Waals surface area (Å²) in [5.74, 6) is 0.405. The first-order valence-corrected chi connectivity index (χ1v) is 7.40. The van der Waals surface area contributed by atoms with Crippen LogP contribution in [0.4, 0.5) is 0 Å². The number of unbranched alkanes of at least 4 members (excludes halogenated alkanes) is 7. The van der Waals surface area contributed by atoms with E-state index in [4.69, 9.17) is 10.9 Å². The van der Waals surface area contributed by atoms with Gasteiger partial charge in [-0.3, -0.25) is 0 Å². The molecule has 0 aliphatic carbocycles. The Morgan fingerprint density at radius 3 is 2.22 bits per heavy atom. The molecule has 0 saturated heterocycles. The molecule has 4 N–H and O–H groups in total. The summed E-state index contributed by atoms with van der Waals surface area (Å²) in [7, 11) is 0. The second-order valence-electron chi connectivity index (χ2n) is 5.10. The SMILES string of the molecule is CCCCCCCCCCNCC(C)C(N)=NO. The zero-order valence-electron chi connectivity index (χ0n) is 12.1. The first-order valence-electron chi connectivity index (χ1n) is 7.40. The van der Waals surface area contributed by atoms with Crippen LogP contribution in [0.1, 0.15) is 65.2 Å². The maximum atomic E-state index is 8.50. The van der Waals surface area contributed by atoms with Crippen LogP contribution in [0.3, 0.4) is 0 Å². The van der Waals surface area contributed by atoms with Crippen LogP contribution in [0.15, 0.2) is 5.16 Å². The van der Waals surface area contributed by atoms with Gasteiger partial charge in [0.2, 0.25) is 0 Å². The Hall–Kier alpha value is -0.770. The molecule has 4 heteroatoms. The first-order chi connectivity index (χ1) is 8.72. The van der Waals surface area contributed by atoms with E-state index in [9.17, 15) is 0 Å². The van der Waals surface area contributed by atoms with E-state index in [1.165, 1.54) is 51.4 Å². The topological polar surface area (TPSA) is 70.6 Å². The molecule has 0 spiro atoms. The molecule has 0 saturated carbocycles. The number of rotatable bonds is 12. The fourth-order valence-corrected chi connectivity index (χ4v) is 1.91. The third kappa shape index (κ3) is 10.4. The smallest absolute Gasteiger partial charge is 0.143 e. The maximum absolute atomic E-state index is 8.50. The number of nitrogens with two attached hydrogens (primary N) is 1. The third-order valence-electron chi connectivity index (χ3n) is 3.28. The van der Waals surface area contributed by atoms with Crippen LogP contribution in [0, 0.1) is 5.92 Å². The summed E-state index contributed by atoms with van der Waals surface area (Å²) in [5.41, 5.74) is 5.50. The predicted molar refractivity (Wildman–Crippen MR) is 78.1 cm³/mol. The lowest BCUT2D eigenvalue weighted by Gasteiger charge is -2.10. The largest absolute Gasteiger partial charge is 0.409 e. The fourth-order valence-electron chi connectivity index (χ4n) is 1.91. The van der Waals surface area contributed by atoms with E-state index < -0.39 is 0 Å². The van der Waals surface area contributed by atoms with Crippen molar-refractivity contribution in [1.82, 2.24) is 5.32 Å². The van der Waals surface area contributed by atoms with Crippen LogP contribution < -0.4 is 11.1 Å². The van der Waals surface area contributed by atoms with E-state index in [0.717, 1.165) is 13.1 Å². The quantitative estimate of drug-likeness (QED) is 0.165. The highest BCUT2D eigenvalue weighted by Gasteiger charge is 2.05. The van der Waals surface area contributed by atoms with Crippen molar-refractivity contribution < 1.29 is 5.21 Å². The van der Waals surface area contributed by atoms with E-state index in [1.807, 2.05) is 6.92 Å². The molecule has 0 bridgehead atoms. The van der Waals surface area contributed by atoms with Crippen molar-refractivity contribution in [3.8, 4) is 0 Å². The molecule has 0 aromatic heterocycles. The highest BCUT2D eigenvalue weighted by molar-refractivity contribution is 5.82. The van der Waals surface area contributed by atoms with Gasteiger partial charge < -0.3 is 16.3 Å². The summed E-state index contributed by atoms with van der Waals surface area (Å²) < 4.78 is 0. The second-order valence-corrected chi connectivity index (χ2v) is 5.10. The van der Waals surface area contributed by atoms with Crippen molar-refractivity contribution in [3.63, 3.8) is 0 Å². The fraction of sp³-hybridized carbons (Fsp3) is 0.929. The number of hydrogen-bond donors (Lipinski definition) is 3. The van der Waals surface area contributed by atoms with Gasteiger partial charge in [0.05, 0.1) is 0 Å². The number of nitrogens with one attached hydrogen (secondary N) is 1. The van der Waals surface area contributed by atoms with Crippen LogP contribution in [0.5, 0.6) is 0 Å². The Bertz CT molecular complexity index is 207. The van der Waals surface area contributed by atoms with Gasteiger partial charge in [-0.1, -0.05) is 63.9 Å². The highest BCUT2D eigenvalue weighted by atomic mass is 16.4. The Kier molecular flexibility index (Phi) is 12.1. The number of nitrogens with zero attached hydrogens (tertiary/aromatic N) is 1. The predicted octanol–water partition coefficient (Wildman–Crippen LogP) is 3.10. The Morgan fingerprint density at radius 1 is 1.11 bits per heavy atom. The monoisotopic (exact) mass is 257 g/mol. The maximum Gasteiger partial charge on any atom is 0.143 e. The lowest BCUT2D eigenvalue weighted by atomic mass is 10.1. The molecule has 0 amide bonds. The van der Waals surface area contributed by atoms with Gasteiger partial charge in [0.25, 0.3) is 0 Å². The molecule has 1 unspecified atom stereocenters. The molecule has 0 aliphatic rings. The van der Waals surface area contributed by atoms with E-state index in [0.29, 0.717) is 5.84 Å². The van der Waals surface area contributed by atoms with Crippen LogP contribution in [-0.2, 0) is 0 Å². The molecular formula is C14H31N3O. The van der Waals surface area contributed by atoms with Crippen LogP contribution in [-0.4, -0.2) is 24.1 Å². The lowest BCUT2D eigenvalue weighted by Crippen LogP contribution is -2.31. The summed E-state index contributed by atoms with van der Waals surface area (Å²) in [5, 5.41) is 14.8. The van der Waals surface area contributed by atoms with Crippen LogP contribution in [0.25, 0.3) is 0 Å². The van der Waals surface area contributed by atoms with E-state index in [1.54, 1.807) is 0 Å². The van der Waals surface area contributed by atoms with Crippen LogP contribution >= 0.6 is 0 Å². The molecule has 18 heavy (non-hydrogen) atoms. The first kappa shape index (κ1) is 17.2. The molecule has 0 fully saturated rings. The van der Waals surface area contributed by atoms with Gasteiger partial charge in [0, 0.05) is 12.5 Å². The molecule has 4 nitrogen and oxygen atoms in total. The van der Waals surface area contributed by atoms with Gasteiger partial charge in [-0.2, -0.15) is 0 Å². The van der Waals surface area contributed by atoms with Gasteiger partial charge in [-0.25, -0.2) is 0 Å². The Labute approximate surface area is 112 Å². The van der Waals surface area contributed by atoms with Crippen molar-refractivity contribution >= 4 is 5.84 Å². The Balaban J connectivity index is 3.16. The standard InChI is InChI=1S/C14H31N3O/c1-3-4-5-6-7-8-9-10-11-16-12-13(2)14(15)17-18/h13,16,18H,3-12H2,1-2H3,(H2,15,17). The van der Waals surface area contributed by atoms with E-state index in [2.05, 4.69) is 17.4 Å². The second kappa shape index (κ2) is 12.7. The van der Waals surface area contributed by atoms with E-state index in [-0.39, 0.29) is 5.92 Å². The molecular weight excluding hydrogens is 226 g/mol. The van der Waals surface area contributed by atoms with Crippen molar-refractivity contribution in [2.75, 3.05) is 13.1 Å². The van der Waals surface area contributed by atoms with E-state index >= 15 is 0 Å². The molecule has 0 aliphatic heterocycles. The van der Waals surface area contributed by atoms with Gasteiger partial charge in [0.1, 0.15) is 5.84 Å². The van der Waals surface area contributed by atoms with Crippen molar-refractivity contribution in [2.24, 2.45) is 16.8 Å². The van der Waals surface area contributed by atoms with Gasteiger partial charge in [-0.05, 0) is 13.0 Å². The summed E-state index contributed by atoms with van der Waals surface area (Å²) >= 11 is 0. The molecule has 1 atom stereocenters. The zero-order chi connectivity index (χ0) is 13.6. The summed E-state index contributed by atoms with van der Waals surface area (Å²) in [4.78, 5) is 0. The minimum absolute atomic E-state index is 0.101. The Morgan fingerprint density at radius 2 is 1.67 bits per heavy atom. The summed E-state index contributed by atoms with van der Waals surface area (Å²) in [6.07, 6.45) is 10.7. The minimum atomic E-state index is 0.101. The number of amidine groups is 1. The summed E-state index contributed by atoms with van der Waals surface area (Å²) in [6, 6.07) is 0. The minimum Gasteiger partial charge on any atom is -0.409 e. The molecule has 0 aromatic rings. The zero-order valence-corrected chi connectivity index (χ0v) is 12.1. The van der Waals surface area contributed by atoms with Gasteiger partial charge in [-0.15, -0.1) is 0 Å². The molecule has 0 heterocycles. The average Bonchev–Trinajstić information content (AvgIpc) is 2.39. The molecule has 0 radical (unpaired) electrons. The third-order valence-corrected chi connectivity index (χ3v) is 3.28. The van der Waals surface area contributed by atoms with Crippen molar-refractivity contribution in [1.29, 1.82) is 0 Å². The molecule has 108 valence electrons. The van der Waals surface area contributed by atoms with Crippen LogP contribution in [0.2, 0.25) is 0 Å². The number of oxime groups is 1. The lowest BCUT2D eigenvalue weighted by molar-refractivity contribution is 0.314. The average molecular weight is 257 g/mol. The van der Waals surface area contributed by atoms with Crippen molar-refractivity contribution in [2.45, 2.75) is 65.2 Å². The molecule has 0 aromatic carbocycles. The van der Waals surface area contributed by atoms with Gasteiger partial charge in [0.15, 0.2) is 0 Å². The number of hydrogen-bond acceptors (Lipinski definition) is 3. The summed E-state index contributed by atoms with van der Waals surface area (Å²) in [6.45, 7) is 6.01. The molecule has 0 rings (SSSR count). The van der Waals surface area contributed by atoms with Gasteiger partial charge >= 0.3 is 0 Å². The normalized spacial score (nSPS) is 13.8. The van der Waals surface area contributed by atoms with Crippen molar-refractivity contribution in [3.05, 3.63) is 0 Å².